The van der Waals surface area contributed by atoms with Gasteiger partial charge in [-0.3, -0.25) is 19.7 Å². The molecule has 0 aliphatic heterocycles. The zero-order valence-corrected chi connectivity index (χ0v) is 17.5. The Kier molecular flexibility index (Phi) is 8.44. The van der Waals surface area contributed by atoms with Gasteiger partial charge in [-0.2, -0.15) is 4.99 Å². The maximum atomic E-state index is 12.8. The highest BCUT2D eigenvalue weighted by Crippen LogP contribution is 2.25. The van der Waals surface area contributed by atoms with Crippen molar-refractivity contribution in [3.8, 4) is 0 Å². The van der Waals surface area contributed by atoms with Crippen LogP contribution in [0.1, 0.15) is 43.1 Å². The van der Waals surface area contributed by atoms with Crippen LogP contribution < -0.4 is 16.0 Å². The number of benzene rings is 2. The number of nitrogens with zero attached hydrogens (tertiary/aromatic N) is 1. The molecule has 0 saturated heterocycles. The quantitative estimate of drug-likeness (QED) is 0.371. The van der Waals surface area contributed by atoms with Crippen LogP contribution in [0.25, 0.3) is 0 Å². The minimum absolute atomic E-state index is 0.112. The number of amides is 3. The van der Waals surface area contributed by atoms with Crippen molar-refractivity contribution in [2.24, 2.45) is 4.99 Å². The van der Waals surface area contributed by atoms with Crippen LogP contribution >= 0.6 is 0 Å². The van der Waals surface area contributed by atoms with E-state index in [0.717, 1.165) is 0 Å². The average Bonchev–Trinajstić information content (AvgIpc) is 2.74. The lowest BCUT2D eigenvalue weighted by Gasteiger charge is -2.16. The molecular weight excluding hydrogens is 400 g/mol. The van der Waals surface area contributed by atoms with Crippen LogP contribution in [0.15, 0.2) is 53.5 Å². The van der Waals surface area contributed by atoms with Crippen molar-refractivity contribution in [1.82, 2.24) is 5.32 Å². The van der Waals surface area contributed by atoms with E-state index in [2.05, 4.69) is 20.9 Å². The van der Waals surface area contributed by atoms with Gasteiger partial charge >= 0.3 is 6.09 Å². The van der Waals surface area contributed by atoms with E-state index in [4.69, 9.17) is 4.74 Å². The van der Waals surface area contributed by atoms with E-state index in [0.29, 0.717) is 16.8 Å². The Balaban J connectivity index is 2.44. The van der Waals surface area contributed by atoms with Gasteiger partial charge in [-0.1, -0.05) is 37.3 Å². The summed E-state index contributed by atoms with van der Waals surface area (Å²) in [7, 11) is 0. The number of hydrogen-bond acceptors (Lipinski definition) is 5. The van der Waals surface area contributed by atoms with Crippen molar-refractivity contribution in [2.45, 2.75) is 27.2 Å². The first kappa shape index (κ1) is 23.3. The topological polar surface area (TPSA) is 126 Å². The third-order valence-corrected chi connectivity index (χ3v) is 3.92. The Morgan fingerprint density at radius 2 is 1.61 bits per heavy atom. The van der Waals surface area contributed by atoms with Gasteiger partial charge < -0.3 is 15.4 Å². The summed E-state index contributed by atoms with van der Waals surface area (Å²) in [6.45, 7) is 4.71. The molecule has 162 valence electrons. The molecule has 0 atom stereocenters. The molecular formula is C22H24N4O5. The van der Waals surface area contributed by atoms with Crippen LogP contribution in [0, 0.1) is 0 Å². The molecule has 0 unspecified atom stereocenters. The van der Waals surface area contributed by atoms with E-state index in [1.54, 1.807) is 56.3 Å². The van der Waals surface area contributed by atoms with Crippen LogP contribution in [0.5, 0.6) is 0 Å². The second kappa shape index (κ2) is 11.2. The molecule has 9 heteroatoms. The van der Waals surface area contributed by atoms with Gasteiger partial charge in [0.1, 0.15) is 0 Å². The van der Waals surface area contributed by atoms with Crippen LogP contribution in [-0.4, -0.2) is 36.3 Å². The summed E-state index contributed by atoms with van der Waals surface area (Å²) >= 11 is 0. The summed E-state index contributed by atoms with van der Waals surface area (Å²) in [4.78, 5) is 51.9. The van der Waals surface area contributed by atoms with E-state index >= 15 is 0 Å². The van der Waals surface area contributed by atoms with Crippen LogP contribution in [0.3, 0.4) is 0 Å². The first-order valence-electron chi connectivity index (χ1n) is 9.67. The van der Waals surface area contributed by atoms with Crippen molar-refractivity contribution in [2.75, 3.05) is 17.2 Å². The minimum atomic E-state index is -0.810. The molecule has 0 bridgehead atoms. The third kappa shape index (κ3) is 7.07. The summed E-state index contributed by atoms with van der Waals surface area (Å²) in [5, 5.41) is 7.79. The molecule has 0 spiro atoms. The predicted octanol–water partition coefficient (Wildman–Crippen LogP) is 3.33. The number of hydrogen-bond donors (Lipinski definition) is 3. The van der Waals surface area contributed by atoms with Gasteiger partial charge in [0.15, 0.2) is 5.78 Å². The van der Waals surface area contributed by atoms with E-state index < -0.39 is 12.0 Å². The van der Waals surface area contributed by atoms with Gasteiger partial charge in [0, 0.05) is 24.5 Å². The molecule has 0 heterocycles. The van der Waals surface area contributed by atoms with Crippen molar-refractivity contribution >= 4 is 41.0 Å². The molecule has 3 N–H and O–H groups in total. The largest absolute Gasteiger partial charge is 0.450 e. The molecule has 31 heavy (non-hydrogen) atoms. The summed E-state index contributed by atoms with van der Waals surface area (Å²) in [5.74, 6) is -1.26. The average molecular weight is 424 g/mol. The number of ketones is 1. The second-order valence-corrected chi connectivity index (χ2v) is 6.31. The summed E-state index contributed by atoms with van der Waals surface area (Å²) in [6, 6.07) is 13.3. The van der Waals surface area contributed by atoms with Gasteiger partial charge in [-0.25, -0.2) is 4.79 Å². The van der Waals surface area contributed by atoms with Crippen molar-refractivity contribution < 1.29 is 23.9 Å². The fourth-order valence-corrected chi connectivity index (χ4v) is 2.53. The van der Waals surface area contributed by atoms with E-state index in [9.17, 15) is 19.2 Å². The Morgan fingerprint density at radius 1 is 0.903 bits per heavy atom. The standard InChI is InChI=1S/C22H24N4O5/c1-4-19(28)25-21(26-22(30)31-5-2)24-18-13-16(11-12-17(18)23-14(3)27)20(29)15-9-7-6-8-10-15/h6-13H,4-5H2,1-3H3,(H,23,27)(H2,24,25,26,28,30). The highest BCUT2D eigenvalue weighted by Gasteiger charge is 2.16. The molecule has 2 aromatic rings. The first-order valence-corrected chi connectivity index (χ1v) is 9.67. The molecule has 0 saturated carbocycles. The Hall–Kier alpha value is -4.01. The minimum Gasteiger partial charge on any atom is -0.450 e. The zero-order chi connectivity index (χ0) is 22.8. The Labute approximate surface area is 179 Å². The number of rotatable bonds is 6. The molecule has 0 aromatic heterocycles. The molecule has 0 aliphatic carbocycles. The second-order valence-electron chi connectivity index (χ2n) is 6.31. The normalized spacial score (nSPS) is 10.7. The maximum absolute atomic E-state index is 12.8. The molecule has 2 aromatic carbocycles. The highest BCUT2D eigenvalue weighted by molar-refractivity contribution is 6.12. The summed E-state index contributed by atoms with van der Waals surface area (Å²) in [5.41, 5.74) is 1.41. The molecule has 3 amide bonds. The number of aliphatic imine (C=N–C) groups is 1. The SMILES string of the molecule is CCOC(=O)N/C(=N/C(=O)CC)Nc1cc(C(=O)c2ccccc2)ccc1NC(C)=O. The van der Waals surface area contributed by atoms with E-state index in [1.807, 2.05) is 0 Å². The van der Waals surface area contributed by atoms with Gasteiger partial charge in [-0.15, -0.1) is 0 Å². The molecule has 0 fully saturated rings. The Bertz CT molecular complexity index is 1000. The Morgan fingerprint density at radius 3 is 2.23 bits per heavy atom. The monoisotopic (exact) mass is 424 g/mol. The van der Waals surface area contributed by atoms with Crippen LogP contribution in [0.4, 0.5) is 16.2 Å². The fourth-order valence-electron chi connectivity index (χ4n) is 2.53. The van der Waals surface area contributed by atoms with Crippen molar-refractivity contribution in [3.63, 3.8) is 0 Å². The van der Waals surface area contributed by atoms with Crippen molar-refractivity contribution in [3.05, 3.63) is 59.7 Å². The lowest BCUT2D eigenvalue weighted by molar-refractivity contribution is -0.117. The number of nitrogens with one attached hydrogen (secondary N) is 3. The molecule has 9 nitrogen and oxygen atoms in total. The molecule has 0 aliphatic rings. The predicted molar refractivity (Wildman–Crippen MR) is 117 cm³/mol. The van der Waals surface area contributed by atoms with Crippen LogP contribution in [-0.2, 0) is 14.3 Å². The number of carbonyl (C=O) groups is 4. The number of guanidine groups is 1. The summed E-state index contributed by atoms with van der Waals surface area (Å²) < 4.78 is 4.83. The number of anilines is 2. The lowest BCUT2D eigenvalue weighted by atomic mass is 10.0. The van der Waals surface area contributed by atoms with Gasteiger partial charge in [0.25, 0.3) is 0 Å². The third-order valence-electron chi connectivity index (χ3n) is 3.92. The number of ether oxygens (including phenoxy) is 1. The fraction of sp³-hybridized carbons (Fsp3) is 0.227. The molecule has 2 rings (SSSR count). The maximum Gasteiger partial charge on any atom is 0.413 e. The van der Waals surface area contributed by atoms with Crippen LogP contribution in [0.2, 0.25) is 0 Å². The van der Waals surface area contributed by atoms with Crippen molar-refractivity contribution in [1.29, 1.82) is 0 Å². The number of alkyl carbamates (subject to hydrolysis) is 1. The van der Waals surface area contributed by atoms with Gasteiger partial charge in [-0.05, 0) is 25.1 Å². The first-order chi connectivity index (χ1) is 14.8. The number of carbonyl (C=O) groups excluding carboxylic acids is 4. The van der Waals surface area contributed by atoms with Gasteiger partial charge in [0.05, 0.1) is 18.0 Å². The van der Waals surface area contributed by atoms with Gasteiger partial charge in [0.2, 0.25) is 17.8 Å². The smallest absolute Gasteiger partial charge is 0.413 e. The lowest BCUT2D eigenvalue weighted by Crippen LogP contribution is -2.37. The highest BCUT2D eigenvalue weighted by atomic mass is 16.5. The van der Waals surface area contributed by atoms with E-state index in [-0.39, 0.29) is 36.4 Å². The zero-order valence-electron chi connectivity index (χ0n) is 17.5. The summed E-state index contributed by atoms with van der Waals surface area (Å²) in [6.07, 6.45) is -0.698. The van der Waals surface area contributed by atoms with E-state index in [1.165, 1.54) is 13.0 Å². The molecule has 0 radical (unpaired) electrons.